The smallest absolute Gasteiger partial charge is 0.255 e. The van der Waals surface area contributed by atoms with E-state index in [1.54, 1.807) is 24.3 Å². The lowest BCUT2D eigenvalue weighted by molar-refractivity contribution is 0.0784. The first-order valence-corrected chi connectivity index (χ1v) is 6.26. The van der Waals surface area contributed by atoms with Gasteiger partial charge in [0.25, 0.3) is 5.91 Å². The summed E-state index contributed by atoms with van der Waals surface area (Å²) in [6.45, 7) is 0.482. The summed E-state index contributed by atoms with van der Waals surface area (Å²) in [7, 11) is 1.71. The molecule has 104 valence electrons. The minimum atomic E-state index is -0.167. The molecule has 7 heteroatoms. The highest BCUT2D eigenvalue weighted by molar-refractivity contribution is 6.33. The molecule has 20 heavy (non-hydrogen) atoms. The van der Waals surface area contributed by atoms with E-state index < -0.39 is 0 Å². The number of carbonyl (C=O) groups excluding carboxylic acids is 1. The van der Waals surface area contributed by atoms with Crippen LogP contribution in [0, 0.1) is 0 Å². The number of halogens is 1. The minimum absolute atomic E-state index is 0.167. The average molecular weight is 292 g/mol. The Bertz CT molecular complexity index is 605. The molecule has 0 unspecified atom stereocenters. The van der Waals surface area contributed by atoms with Gasteiger partial charge in [0.05, 0.1) is 10.6 Å². The fraction of sp³-hybridized carbons (Fsp3) is 0.154. The van der Waals surface area contributed by atoms with Gasteiger partial charge in [-0.15, -0.1) is 0 Å². The molecule has 0 atom stereocenters. The maximum absolute atomic E-state index is 12.3. The molecule has 0 aliphatic carbocycles. The van der Waals surface area contributed by atoms with Crippen molar-refractivity contribution < 1.29 is 4.79 Å². The van der Waals surface area contributed by atoms with Crippen molar-refractivity contribution >= 4 is 23.3 Å². The monoisotopic (exact) mass is 291 g/mol. The van der Waals surface area contributed by atoms with E-state index in [1.165, 1.54) is 12.3 Å². The van der Waals surface area contributed by atoms with Gasteiger partial charge >= 0.3 is 0 Å². The van der Waals surface area contributed by atoms with Crippen molar-refractivity contribution in [3.05, 3.63) is 52.9 Å². The molecule has 2 aromatic heterocycles. The van der Waals surface area contributed by atoms with E-state index in [2.05, 4.69) is 15.4 Å². The maximum Gasteiger partial charge on any atom is 0.255 e. The summed E-state index contributed by atoms with van der Waals surface area (Å²) in [6, 6.07) is 5.25. The van der Waals surface area contributed by atoms with Crippen molar-refractivity contribution in [2.24, 2.45) is 5.84 Å². The number of carbonyl (C=O) groups is 1. The number of hydrogen-bond acceptors (Lipinski definition) is 5. The summed E-state index contributed by atoms with van der Waals surface area (Å²) in [5, 5.41) is 0.302. The predicted octanol–water partition coefficient (Wildman–Crippen LogP) is 1.69. The Morgan fingerprint density at radius 3 is 2.75 bits per heavy atom. The Balaban J connectivity index is 2.12. The molecule has 0 aliphatic heterocycles. The van der Waals surface area contributed by atoms with Gasteiger partial charge in [-0.25, -0.2) is 10.8 Å². The molecule has 2 aromatic rings. The fourth-order valence-corrected chi connectivity index (χ4v) is 1.94. The number of anilines is 1. The summed E-state index contributed by atoms with van der Waals surface area (Å²) in [5.41, 5.74) is 3.76. The van der Waals surface area contributed by atoms with Gasteiger partial charge in [0, 0.05) is 32.2 Å². The molecule has 0 saturated carbocycles. The first-order chi connectivity index (χ1) is 9.61. The van der Waals surface area contributed by atoms with E-state index in [1.807, 2.05) is 12.1 Å². The predicted molar refractivity (Wildman–Crippen MR) is 77.1 cm³/mol. The third-order valence-corrected chi connectivity index (χ3v) is 3.03. The molecule has 0 fully saturated rings. The summed E-state index contributed by atoms with van der Waals surface area (Å²) in [6.07, 6.45) is 4.81. The van der Waals surface area contributed by atoms with Crippen LogP contribution in [-0.2, 0) is 6.54 Å². The highest BCUT2D eigenvalue weighted by atomic mass is 35.5. The second-order valence-electron chi connectivity index (χ2n) is 4.22. The Morgan fingerprint density at radius 2 is 2.15 bits per heavy atom. The second kappa shape index (κ2) is 6.31. The van der Waals surface area contributed by atoms with Crippen LogP contribution in [0.15, 0.2) is 36.8 Å². The molecule has 0 bridgehead atoms. The molecule has 0 aliphatic rings. The maximum atomic E-state index is 12.3. The molecule has 3 N–H and O–H groups in total. The zero-order valence-corrected chi connectivity index (χ0v) is 11.6. The van der Waals surface area contributed by atoms with Gasteiger partial charge in [-0.2, -0.15) is 0 Å². The highest BCUT2D eigenvalue weighted by Gasteiger charge is 2.14. The Hall–Kier alpha value is -2.18. The van der Waals surface area contributed by atoms with Crippen LogP contribution in [0.1, 0.15) is 15.9 Å². The Labute approximate surface area is 121 Å². The van der Waals surface area contributed by atoms with Crippen molar-refractivity contribution in [3.8, 4) is 0 Å². The zero-order chi connectivity index (χ0) is 14.5. The first-order valence-electron chi connectivity index (χ1n) is 5.88. The van der Waals surface area contributed by atoms with Gasteiger partial charge in [-0.1, -0.05) is 11.6 Å². The molecule has 6 nitrogen and oxygen atoms in total. The molecule has 2 rings (SSSR count). The van der Waals surface area contributed by atoms with Crippen LogP contribution in [0.25, 0.3) is 0 Å². The van der Waals surface area contributed by atoms with Crippen LogP contribution >= 0.6 is 11.6 Å². The standard InChI is InChI=1S/C13H14ClN5O/c1-19(8-9-2-4-16-5-3-9)13(20)10-6-11(14)12(18-15)17-7-10/h2-7H,8,15H2,1H3,(H,17,18). The zero-order valence-electron chi connectivity index (χ0n) is 10.9. The van der Waals surface area contributed by atoms with Gasteiger partial charge in [0.2, 0.25) is 0 Å². The molecule has 2 heterocycles. The van der Waals surface area contributed by atoms with Crippen molar-refractivity contribution in [2.75, 3.05) is 12.5 Å². The van der Waals surface area contributed by atoms with Crippen LogP contribution in [0.3, 0.4) is 0 Å². The number of nitrogens with zero attached hydrogens (tertiary/aromatic N) is 3. The van der Waals surface area contributed by atoms with Crippen LogP contribution in [0.2, 0.25) is 5.02 Å². The largest absolute Gasteiger partial charge is 0.337 e. The number of pyridine rings is 2. The number of hydrazine groups is 1. The number of hydrogen-bond donors (Lipinski definition) is 2. The molecule has 0 spiro atoms. The number of rotatable bonds is 4. The fourth-order valence-electron chi connectivity index (χ4n) is 1.72. The third kappa shape index (κ3) is 3.23. The summed E-state index contributed by atoms with van der Waals surface area (Å²) < 4.78 is 0. The molecular formula is C13H14ClN5O. The average Bonchev–Trinajstić information content (AvgIpc) is 2.47. The van der Waals surface area contributed by atoms with E-state index in [9.17, 15) is 4.79 Å². The molecular weight excluding hydrogens is 278 g/mol. The van der Waals surface area contributed by atoms with Gasteiger partial charge in [-0.3, -0.25) is 9.78 Å². The lowest BCUT2D eigenvalue weighted by atomic mass is 10.2. The summed E-state index contributed by atoms with van der Waals surface area (Å²) in [4.78, 5) is 21.8. The highest BCUT2D eigenvalue weighted by Crippen LogP contribution is 2.20. The van der Waals surface area contributed by atoms with Crippen molar-refractivity contribution in [2.45, 2.75) is 6.54 Å². The summed E-state index contributed by atoms with van der Waals surface area (Å²) >= 11 is 5.95. The molecule has 0 saturated heterocycles. The normalized spacial score (nSPS) is 10.2. The lowest BCUT2D eigenvalue weighted by Crippen LogP contribution is -2.26. The molecule has 1 amide bonds. The first kappa shape index (κ1) is 14.2. The van der Waals surface area contributed by atoms with E-state index in [-0.39, 0.29) is 5.91 Å². The quantitative estimate of drug-likeness (QED) is 0.661. The third-order valence-electron chi connectivity index (χ3n) is 2.74. The van der Waals surface area contributed by atoms with Gasteiger partial charge in [0.15, 0.2) is 5.82 Å². The number of nitrogens with two attached hydrogens (primary N) is 1. The molecule has 0 radical (unpaired) electrons. The SMILES string of the molecule is CN(Cc1ccncc1)C(=O)c1cnc(NN)c(Cl)c1. The number of nitrogen functional groups attached to an aromatic ring is 1. The van der Waals surface area contributed by atoms with Crippen LogP contribution in [-0.4, -0.2) is 27.8 Å². The topological polar surface area (TPSA) is 84.1 Å². The van der Waals surface area contributed by atoms with E-state index in [0.717, 1.165) is 5.56 Å². The van der Waals surface area contributed by atoms with E-state index in [4.69, 9.17) is 17.4 Å². The number of nitrogens with one attached hydrogen (secondary N) is 1. The van der Waals surface area contributed by atoms with Crippen molar-refractivity contribution in [3.63, 3.8) is 0 Å². The minimum Gasteiger partial charge on any atom is -0.337 e. The van der Waals surface area contributed by atoms with Crippen LogP contribution in [0.5, 0.6) is 0 Å². The second-order valence-corrected chi connectivity index (χ2v) is 4.62. The Morgan fingerprint density at radius 1 is 1.45 bits per heavy atom. The van der Waals surface area contributed by atoms with Crippen molar-refractivity contribution in [1.29, 1.82) is 0 Å². The van der Waals surface area contributed by atoms with Crippen LogP contribution < -0.4 is 11.3 Å². The Kier molecular flexibility index (Phi) is 4.49. The van der Waals surface area contributed by atoms with Gasteiger partial charge < -0.3 is 10.3 Å². The van der Waals surface area contributed by atoms with Gasteiger partial charge in [0.1, 0.15) is 0 Å². The van der Waals surface area contributed by atoms with Crippen LogP contribution in [0.4, 0.5) is 5.82 Å². The summed E-state index contributed by atoms with van der Waals surface area (Å²) in [5.74, 6) is 5.41. The van der Waals surface area contributed by atoms with E-state index in [0.29, 0.717) is 22.9 Å². The van der Waals surface area contributed by atoms with E-state index >= 15 is 0 Å². The van der Waals surface area contributed by atoms with Gasteiger partial charge in [-0.05, 0) is 23.8 Å². The number of amides is 1. The van der Waals surface area contributed by atoms with Crippen molar-refractivity contribution in [1.82, 2.24) is 14.9 Å². The lowest BCUT2D eigenvalue weighted by Gasteiger charge is -2.17. The molecule has 0 aromatic carbocycles. The number of aromatic nitrogens is 2.